The average Bonchev–Trinajstić information content (AvgIpc) is 3.09. The van der Waals surface area contributed by atoms with Crippen LogP contribution in [0.2, 0.25) is 5.02 Å². The monoisotopic (exact) mass is 323 g/mol. The van der Waals surface area contributed by atoms with Crippen molar-refractivity contribution in [3.63, 3.8) is 0 Å². The van der Waals surface area contributed by atoms with Crippen molar-refractivity contribution >= 4 is 28.5 Å². The van der Waals surface area contributed by atoms with Crippen LogP contribution in [0.4, 0.5) is 5.95 Å². The van der Waals surface area contributed by atoms with Crippen molar-refractivity contribution in [2.75, 3.05) is 18.0 Å². The van der Waals surface area contributed by atoms with Gasteiger partial charge in [-0.25, -0.2) is 9.97 Å². The highest BCUT2D eigenvalue weighted by Gasteiger charge is 2.18. The molecule has 4 heteroatoms. The number of hydrogen-bond acceptors (Lipinski definition) is 3. The second-order valence-electron chi connectivity index (χ2n) is 6.09. The number of aromatic nitrogens is 2. The quantitative estimate of drug-likeness (QED) is 0.674. The normalized spacial score (nSPS) is 14.6. The van der Waals surface area contributed by atoms with E-state index in [2.05, 4.69) is 30.0 Å². The van der Waals surface area contributed by atoms with Gasteiger partial charge in [-0.1, -0.05) is 35.4 Å². The summed E-state index contributed by atoms with van der Waals surface area (Å²) in [5.41, 5.74) is 4.27. The Morgan fingerprint density at radius 3 is 2.43 bits per heavy atom. The van der Waals surface area contributed by atoms with Crippen molar-refractivity contribution in [1.82, 2.24) is 9.97 Å². The first-order valence-corrected chi connectivity index (χ1v) is 8.38. The number of halogens is 1. The summed E-state index contributed by atoms with van der Waals surface area (Å²) in [6.45, 7) is 4.17. The average molecular weight is 324 g/mol. The molecular weight excluding hydrogens is 306 g/mol. The zero-order valence-corrected chi connectivity index (χ0v) is 13.8. The minimum Gasteiger partial charge on any atom is -0.341 e. The van der Waals surface area contributed by atoms with Crippen LogP contribution in [0.15, 0.2) is 42.5 Å². The standard InChI is InChI=1S/C19H18ClN3/c1-13-4-9-17-16(12-13)18(14-5-7-15(20)8-6-14)22-19(21-17)23-10-2-3-11-23/h4-9,12H,2-3,10-11H2,1H3. The van der Waals surface area contributed by atoms with Crippen LogP contribution in [0, 0.1) is 6.92 Å². The highest BCUT2D eigenvalue weighted by molar-refractivity contribution is 6.30. The van der Waals surface area contributed by atoms with Gasteiger partial charge in [0.05, 0.1) is 11.2 Å². The van der Waals surface area contributed by atoms with Gasteiger partial charge in [-0.15, -0.1) is 0 Å². The third kappa shape index (κ3) is 2.77. The second kappa shape index (κ2) is 5.82. The lowest BCUT2D eigenvalue weighted by molar-refractivity contribution is 0.908. The third-order valence-corrected chi connectivity index (χ3v) is 4.60. The number of anilines is 1. The topological polar surface area (TPSA) is 29.0 Å². The van der Waals surface area contributed by atoms with E-state index in [9.17, 15) is 0 Å². The fourth-order valence-electron chi connectivity index (χ4n) is 3.12. The number of nitrogens with zero attached hydrogens (tertiary/aromatic N) is 3. The molecule has 0 atom stereocenters. The molecule has 1 fully saturated rings. The van der Waals surface area contributed by atoms with Crippen LogP contribution in [-0.2, 0) is 0 Å². The number of hydrogen-bond donors (Lipinski definition) is 0. The zero-order chi connectivity index (χ0) is 15.8. The van der Waals surface area contributed by atoms with E-state index in [0.29, 0.717) is 0 Å². The Labute approximate surface area is 140 Å². The SMILES string of the molecule is Cc1ccc2nc(N3CCCC3)nc(-c3ccc(Cl)cc3)c2c1. The predicted molar refractivity (Wildman–Crippen MR) is 96.2 cm³/mol. The Kier molecular flexibility index (Phi) is 3.66. The summed E-state index contributed by atoms with van der Waals surface area (Å²) in [6, 6.07) is 14.2. The molecule has 0 amide bonds. The molecule has 2 aromatic carbocycles. The molecule has 116 valence electrons. The Hall–Kier alpha value is -2.13. The van der Waals surface area contributed by atoms with Gasteiger partial charge in [0.15, 0.2) is 0 Å². The maximum absolute atomic E-state index is 6.04. The fourth-order valence-corrected chi connectivity index (χ4v) is 3.24. The maximum atomic E-state index is 6.04. The van der Waals surface area contributed by atoms with Gasteiger partial charge in [-0.3, -0.25) is 0 Å². The van der Waals surface area contributed by atoms with E-state index in [1.165, 1.54) is 18.4 Å². The number of benzene rings is 2. The van der Waals surface area contributed by atoms with Crippen molar-refractivity contribution in [2.45, 2.75) is 19.8 Å². The molecule has 3 aromatic rings. The summed E-state index contributed by atoms with van der Waals surface area (Å²) < 4.78 is 0. The van der Waals surface area contributed by atoms with Gasteiger partial charge in [-0.2, -0.15) is 0 Å². The first kappa shape index (κ1) is 14.5. The molecular formula is C19H18ClN3. The fraction of sp³-hybridized carbons (Fsp3) is 0.263. The van der Waals surface area contributed by atoms with Crippen LogP contribution >= 0.6 is 11.6 Å². The number of aryl methyl sites for hydroxylation is 1. The summed E-state index contributed by atoms with van der Waals surface area (Å²) in [7, 11) is 0. The largest absolute Gasteiger partial charge is 0.341 e. The highest BCUT2D eigenvalue weighted by atomic mass is 35.5. The van der Waals surface area contributed by atoms with Crippen molar-refractivity contribution in [3.8, 4) is 11.3 Å². The Morgan fingerprint density at radius 1 is 0.957 bits per heavy atom. The van der Waals surface area contributed by atoms with Crippen molar-refractivity contribution in [2.24, 2.45) is 0 Å². The molecule has 0 radical (unpaired) electrons. The Morgan fingerprint density at radius 2 is 1.70 bits per heavy atom. The molecule has 1 aliphatic heterocycles. The summed E-state index contributed by atoms with van der Waals surface area (Å²) >= 11 is 6.04. The van der Waals surface area contributed by atoms with Gasteiger partial charge in [0.25, 0.3) is 0 Å². The van der Waals surface area contributed by atoms with E-state index in [1.807, 2.05) is 24.3 Å². The Balaban J connectivity index is 1.94. The molecule has 0 bridgehead atoms. The van der Waals surface area contributed by atoms with Gasteiger partial charge in [0, 0.05) is 29.1 Å². The van der Waals surface area contributed by atoms with Gasteiger partial charge in [-0.05, 0) is 44.0 Å². The van der Waals surface area contributed by atoms with Crippen molar-refractivity contribution < 1.29 is 0 Å². The van der Waals surface area contributed by atoms with Gasteiger partial charge in [0.1, 0.15) is 0 Å². The van der Waals surface area contributed by atoms with Crippen LogP contribution in [-0.4, -0.2) is 23.1 Å². The molecule has 3 nitrogen and oxygen atoms in total. The lowest BCUT2D eigenvalue weighted by Crippen LogP contribution is -2.20. The number of fused-ring (bicyclic) bond motifs is 1. The van der Waals surface area contributed by atoms with E-state index in [0.717, 1.165) is 46.2 Å². The van der Waals surface area contributed by atoms with E-state index in [4.69, 9.17) is 21.6 Å². The first-order valence-electron chi connectivity index (χ1n) is 8.00. The molecule has 0 N–H and O–H groups in total. The van der Waals surface area contributed by atoms with E-state index in [1.54, 1.807) is 0 Å². The zero-order valence-electron chi connectivity index (χ0n) is 13.1. The van der Waals surface area contributed by atoms with E-state index >= 15 is 0 Å². The minimum absolute atomic E-state index is 0.739. The van der Waals surface area contributed by atoms with Crippen LogP contribution < -0.4 is 4.90 Å². The maximum Gasteiger partial charge on any atom is 0.226 e. The predicted octanol–water partition coefficient (Wildman–Crippen LogP) is 4.86. The molecule has 0 spiro atoms. The first-order chi connectivity index (χ1) is 11.2. The van der Waals surface area contributed by atoms with Gasteiger partial charge < -0.3 is 4.90 Å². The lowest BCUT2D eigenvalue weighted by Gasteiger charge is -2.17. The summed E-state index contributed by atoms with van der Waals surface area (Å²) in [6.07, 6.45) is 2.43. The molecule has 1 saturated heterocycles. The molecule has 0 unspecified atom stereocenters. The minimum atomic E-state index is 0.739. The van der Waals surface area contributed by atoms with Gasteiger partial charge in [0.2, 0.25) is 5.95 Å². The second-order valence-corrected chi connectivity index (χ2v) is 6.53. The molecule has 0 aliphatic carbocycles. The van der Waals surface area contributed by atoms with E-state index < -0.39 is 0 Å². The smallest absolute Gasteiger partial charge is 0.226 e. The van der Waals surface area contributed by atoms with Crippen LogP contribution in [0.1, 0.15) is 18.4 Å². The van der Waals surface area contributed by atoms with Crippen LogP contribution in [0.25, 0.3) is 22.2 Å². The molecule has 1 aromatic heterocycles. The third-order valence-electron chi connectivity index (χ3n) is 4.35. The number of rotatable bonds is 2. The molecule has 4 rings (SSSR count). The summed E-state index contributed by atoms with van der Waals surface area (Å²) in [5.74, 6) is 0.837. The van der Waals surface area contributed by atoms with Crippen LogP contribution in [0.5, 0.6) is 0 Å². The molecule has 2 heterocycles. The highest BCUT2D eigenvalue weighted by Crippen LogP contribution is 2.30. The molecule has 23 heavy (non-hydrogen) atoms. The van der Waals surface area contributed by atoms with Crippen molar-refractivity contribution in [1.29, 1.82) is 0 Å². The molecule has 1 aliphatic rings. The molecule has 0 saturated carbocycles. The van der Waals surface area contributed by atoms with Gasteiger partial charge >= 0.3 is 0 Å². The summed E-state index contributed by atoms with van der Waals surface area (Å²) in [5, 5.41) is 1.83. The Bertz CT molecular complexity index is 852. The summed E-state index contributed by atoms with van der Waals surface area (Å²) in [4.78, 5) is 12.0. The van der Waals surface area contributed by atoms with E-state index in [-0.39, 0.29) is 0 Å². The lowest BCUT2D eigenvalue weighted by atomic mass is 10.0. The van der Waals surface area contributed by atoms with Crippen molar-refractivity contribution in [3.05, 3.63) is 53.1 Å². The van der Waals surface area contributed by atoms with Crippen LogP contribution in [0.3, 0.4) is 0 Å².